The maximum absolute atomic E-state index is 12.5. The number of aryl methyl sites for hydroxylation is 1. The van der Waals surface area contributed by atoms with Gasteiger partial charge in [0.15, 0.2) is 0 Å². The molecule has 1 aromatic carbocycles. The van der Waals surface area contributed by atoms with Crippen molar-refractivity contribution in [1.82, 2.24) is 10.2 Å². The average molecular weight is 499 g/mol. The number of carbonyl (C=O) groups excluding carboxylic acids is 2. The Morgan fingerprint density at radius 1 is 1.48 bits per heavy atom. The molecule has 2 aliphatic rings. The van der Waals surface area contributed by atoms with Crippen molar-refractivity contribution in [3.05, 3.63) is 48.6 Å². The van der Waals surface area contributed by atoms with Gasteiger partial charge in [-0.3, -0.25) is 4.79 Å². The minimum Gasteiger partial charge on any atom is -0.509 e. The Morgan fingerprint density at radius 2 is 2.11 bits per heavy atom. The van der Waals surface area contributed by atoms with E-state index in [2.05, 4.69) is 16.1 Å². The number of aliphatic hydroxyl groups is 1. The van der Waals surface area contributed by atoms with E-state index in [1.165, 1.54) is 4.90 Å². The number of amides is 2. The van der Waals surface area contributed by atoms with Crippen LogP contribution in [0, 0.1) is 32.9 Å². The van der Waals surface area contributed by atoms with Gasteiger partial charge in [-0.15, -0.1) is 5.56 Å². The molecule has 0 saturated carbocycles. The Bertz CT molecular complexity index is 791. The molecular weight excluding hydrogens is 475 g/mol. The molecular formula is C19H24N2O4YZn-2. The molecule has 8 heteroatoms. The van der Waals surface area contributed by atoms with Crippen molar-refractivity contribution in [2.45, 2.75) is 25.3 Å². The van der Waals surface area contributed by atoms with Crippen LogP contribution in [0.1, 0.15) is 26.8 Å². The Balaban J connectivity index is -0.00000135. The largest absolute Gasteiger partial charge is 0.509 e. The van der Waals surface area contributed by atoms with E-state index in [4.69, 9.17) is 6.42 Å². The molecule has 1 spiro atoms. The standard InChI is InChI=1S/C18H17N2O4.CH3.Y.Zn.2H2/c1-3-24-17(23)20-10-8-18(9-11-20)15(21)14(16(22)19-18)13-7-5-4-6-12(13)2;;;;;/h1,5-7,21H,8-11H2,2H3,(H,19,22);1H3;;;2*1H/q2*-1;;;;. The molecule has 141 valence electrons. The van der Waals surface area contributed by atoms with Crippen LogP contribution in [0.2, 0.25) is 0 Å². The first-order chi connectivity index (χ1) is 11.5. The number of rotatable bonds is 1. The fourth-order valence-electron chi connectivity index (χ4n) is 3.28. The average Bonchev–Trinajstić information content (AvgIpc) is 2.80. The molecule has 1 fully saturated rings. The van der Waals surface area contributed by atoms with E-state index in [9.17, 15) is 14.7 Å². The quantitative estimate of drug-likeness (QED) is 0.355. The van der Waals surface area contributed by atoms with E-state index in [0.29, 0.717) is 37.1 Å². The topological polar surface area (TPSA) is 78.9 Å². The molecule has 0 atom stereocenters. The van der Waals surface area contributed by atoms with Crippen LogP contribution >= 0.6 is 0 Å². The number of nitrogens with one attached hydrogen (secondary N) is 1. The molecule has 27 heavy (non-hydrogen) atoms. The Kier molecular flexibility index (Phi) is 9.90. The summed E-state index contributed by atoms with van der Waals surface area (Å²) in [5.74, 6) is -0.270. The molecule has 3 rings (SSSR count). The first-order valence-electron chi connectivity index (χ1n) is 7.63. The van der Waals surface area contributed by atoms with Crippen molar-refractivity contribution >= 4 is 17.6 Å². The molecule has 2 heterocycles. The third kappa shape index (κ3) is 4.80. The molecule has 2 aliphatic heterocycles. The number of hydrogen-bond acceptors (Lipinski definition) is 4. The fourth-order valence-corrected chi connectivity index (χ4v) is 3.28. The number of hydrogen-bond donors (Lipinski definition) is 2. The van der Waals surface area contributed by atoms with Crippen LogP contribution in [0.3, 0.4) is 0 Å². The van der Waals surface area contributed by atoms with Crippen LogP contribution in [-0.4, -0.2) is 40.6 Å². The van der Waals surface area contributed by atoms with Gasteiger partial charge in [0.25, 0.3) is 5.91 Å². The molecule has 1 radical (unpaired) electrons. The first kappa shape index (κ1) is 25.8. The summed E-state index contributed by atoms with van der Waals surface area (Å²) < 4.78 is 4.54. The molecule has 2 N–H and O–H groups in total. The van der Waals surface area contributed by atoms with E-state index in [0.717, 1.165) is 5.56 Å². The van der Waals surface area contributed by atoms with Crippen LogP contribution in [0.4, 0.5) is 4.79 Å². The minimum absolute atomic E-state index is 0. The van der Waals surface area contributed by atoms with Crippen molar-refractivity contribution < 1.29 is 74.5 Å². The molecule has 1 saturated heterocycles. The fraction of sp³-hybridized carbons (Fsp3) is 0.316. The van der Waals surface area contributed by atoms with Crippen molar-refractivity contribution in [3.63, 3.8) is 0 Å². The van der Waals surface area contributed by atoms with Crippen LogP contribution in [0.15, 0.2) is 24.0 Å². The van der Waals surface area contributed by atoms with E-state index in [1.807, 2.05) is 13.0 Å². The van der Waals surface area contributed by atoms with Crippen molar-refractivity contribution in [3.8, 4) is 12.5 Å². The summed E-state index contributed by atoms with van der Waals surface area (Å²) in [6.07, 6.45) is 7.02. The van der Waals surface area contributed by atoms with Gasteiger partial charge in [0.1, 0.15) is 17.4 Å². The van der Waals surface area contributed by atoms with Crippen molar-refractivity contribution in [2.75, 3.05) is 13.1 Å². The van der Waals surface area contributed by atoms with Gasteiger partial charge in [0, 0.05) is 68.1 Å². The van der Waals surface area contributed by atoms with Crippen molar-refractivity contribution in [2.24, 2.45) is 0 Å². The van der Waals surface area contributed by atoms with Gasteiger partial charge >= 0.3 is 6.09 Å². The minimum atomic E-state index is -0.842. The number of carbonyl (C=O) groups is 2. The number of benzene rings is 1. The summed E-state index contributed by atoms with van der Waals surface area (Å²) in [5.41, 5.74) is 1.00. The zero-order valence-corrected chi connectivity index (χ0v) is 21.3. The maximum Gasteiger partial charge on any atom is 0.423 e. The molecule has 6 nitrogen and oxygen atoms in total. The predicted octanol–water partition coefficient (Wildman–Crippen LogP) is 2.69. The summed E-state index contributed by atoms with van der Waals surface area (Å²) >= 11 is 0. The van der Waals surface area contributed by atoms with Gasteiger partial charge in [-0.05, 0) is 12.8 Å². The SMILES string of the molecule is C#COC(=O)N1CCC2(CC1)NC(=O)C(c1cc[c-]cc1C)=C2O.[CH3-].[HH].[HH].[Y].[Zn]. The van der Waals surface area contributed by atoms with E-state index in [-0.39, 0.29) is 74.1 Å². The Morgan fingerprint density at radius 3 is 2.67 bits per heavy atom. The van der Waals surface area contributed by atoms with Crippen LogP contribution < -0.4 is 5.32 Å². The predicted molar refractivity (Wildman–Crippen MR) is 97.2 cm³/mol. The first-order valence-corrected chi connectivity index (χ1v) is 7.63. The second-order valence-electron chi connectivity index (χ2n) is 5.97. The van der Waals surface area contributed by atoms with Gasteiger partial charge in [-0.25, -0.2) is 4.79 Å². The van der Waals surface area contributed by atoms with E-state index >= 15 is 0 Å². The van der Waals surface area contributed by atoms with Crippen molar-refractivity contribution in [1.29, 1.82) is 0 Å². The molecule has 0 bridgehead atoms. The van der Waals surface area contributed by atoms with Crippen LogP contribution in [0.5, 0.6) is 0 Å². The van der Waals surface area contributed by atoms with Gasteiger partial charge in [-0.2, -0.15) is 29.8 Å². The number of likely N-dealkylation sites (tertiary alicyclic amines) is 1. The third-order valence-corrected chi connectivity index (χ3v) is 4.63. The summed E-state index contributed by atoms with van der Waals surface area (Å²) in [5, 5.41) is 13.7. The van der Waals surface area contributed by atoms with Crippen LogP contribution in [0.25, 0.3) is 5.57 Å². The summed E-state index contributed by atoms with van der Waals surface area (Å²) in [4.78, 5) is 25.6. The van der Waals surface area contributed by atoms with E-state index < -0.39 is 11.6 Å². The summed E-state index contributed by atoms with van der Waals surface area (Å²) in [7, 11) is 0. The molecule has 0 unspecified atom stereocenters. The Labute approximate surface area is 200 Å². The van der Waals surface area contributed by atoms with E-state index in [1.54, 1.807) is 18.2 Å². The zero-order chi connectivity index (χ0) is 17.3. The number of piperidine rings is 1. The monoisotopic (exact) mass is 497 g/mol. The summed E-state index contributed by atoms with van der Waals surface area (Å²) in [6.45, 7) is 2.53. The summed E-state index contributed by atoms with van der Waals surface area (Å²) in [6, 6.07) is 8.19. The number of ether oxygens (including phenoxy) is 1. The molecule has 0 aliphatic carbocycles. The van der Waals surface area contributed by atoms with Crippen LogP contribution in [-0.2, 0) is 61.7 Å². The zero-order valence-electron chi connectivity index (χ0n) is 15.5. The third-order valence-electron chi connectivity index (χ3n) is 4.63. The van der Waals surface area contributed by atoms with Gasteiger partial charge < -0.3 is 27.5 Å². The number of aliphatic hydroxyl groups excluding tert-OH is 1. The number of terminal acetylenes is 1. The normalized spacial score (nSPS) is 17.0. The molecule has 1 aromatic rings. The number of nitrogens with zero attached hydrogens (tertiary/aromatic N) is 1. The maximum atomic E-state index is 12.5. The smallest absolute Gasteiger partial charge is 0.423 e. The second kappa shape index (κ2) is 10.4. The molecule has 0 aromatic heterocycles. The second-order valence-corrected chi connectivity index (χ2v) is 5.97. The van der Waals surface area contributed by atoms with Gasteiger partial charge in [0.05, 0.1) is 5.57 Å². The Hall–Kier alpha value is -1.21. The molecule has 2 amide bonds. The van der Waals surface area contributed by atoms with Gasteiger partial charge in [0.2, 0.25) is 0 Å². The van der Waals surface area contributed by atoms with Gasteiger partial charge in [-0.1, -0.05) is 13.3 Å².